The van der Waals surface area contributed by atoms with Crippen molar-refractivity contribution in [3.8, 4) is 0 Å². The average Bonchev–Trinajstić information content (AvgIpc) is 2.40. The first-order valence-electron chi connectivity index (χ1n) is 6.52. The van der Waals surface area contributed by atoms with Gasteiger partial charge in [0.15, 0.2) is 0 Å². The van der Waals surface area contributed by atoms with Crippen molar-refractivity contribution in [3.05, 3.63) is 69.6 Å². The molecule has 0 spiro atoms. The van der Waals surface area contributed by atoms with Crippen LogP contribution < -0.4 is 10.9 Å². The third-order valence-electron chi connectivity index (χ3n) is 3.55. The van der Waals surface area contributed by atoms with Gasteiger partial charge in [0.25, 0.3) is 5.56 Å². The van der Waals surface area contributed by atoms with Crippen molar-refractivity contribution in [1.82, 2.24) is 9.88 Å². The van der Waals surface area contributed by atoms with Crippen molar-refractivity contribution in [3.63, 3.8) is 0 Å². The van der Waals surface area contributed by atoms with Crippen LogP contribution in [0.5, 0.6) is 0 Å². The summed E-state index contributed by atoms with van der Waals surface area (Å²) in [6, 6.07) is 13.8. The molecule has 1 atom stereocenters. The summed E-state index contributed by atoms with van der Waals surface area (Å²) in [7, 11) is 1.93. The molecule has 0 fully saturated rings. The second-order valence-corrected chi connectivity index (χ2v) is 4.81. The largest absolute Gasteiger partial charge is 0.312 e. The Balaban J connectivity index is 2.35. The molecule has 2 rings (SSSR count). The number of aromatic nitrogens is 1. The SMILES string of the molecule is CNC(Cn1c(C)cccc1=O)c1ccccc1C. The van der Waals surface area contributed by atoms with Crippen LogP contribution in [0.4, 0.5) is 0 Å². The third kappa shape index (κ3) is 2.93. The maximum Gasteiger partial charge on any atom is 0.250 e. The van der Waals surface area contributed by atoms with Gasteiger partial charge < -0.3 is 9.88 Å². The van der Waals surface area contributed by atoms with E-state index in [1.54, 1.807) is 12.1 Å². The fourth-order valence-corrected chi connectivity index (χ4v) is 2.36. The molecule has 1 unspecified atom stereocenters. The fourth-order valence-electron chi connectivity index (χ4n) is 2.36. The van der Waals surface area contributed by atoms with Gasteiger partial charge >= 0.3 is 0 Å². The standard InChI is InChI=1S/C16H20N2O/c1-12-7-4-5-9-14(12)15(17-3)11-18-13(2)8-6-10-16(18)19/h4-10,15,17H,11H2,1-3H3. The molecule has 1 heterocycles. The van der Waals surface area contributed by atoms with Crippen LogP contribution >= 0.6 is 0 Å². The van der Waals surface area contributed by atoms with E-state index in [-0.39, 0.29) is 11.6 Å². The topological polar surface area (TPSA) is 34.0 Å². The predicted molar refractivity (Wildman–Crippen MR) is 78.4 cm³/mol. The van der Waals surface area contributed by atoms with E-state index < -0.39 is 0 Å². The van der Waals surface area contributed by atoms with Gasteiger partial charge in [-0.3, -0.25) is 4.79 Å². The minimum absolute atomic E-state index is 0.0498. The Morgan fingerprint density at radius 3 is 2.47 bits per heavy atom. The van der Waals surface area contributed by atoms with Crippen molar-refractivity contribution in [1.29, 1.82) is 0 Å². The van der Waals surface area contributed by atoms with Crippen LogP contribution in [0.25, 0.3) is 0 Å². The smallest absolute Gasteiger partial charge is 0.250 e. The highest BCUT2D eigenvalue weighted by Crippen LogP contribution is 2.18. The van der Waals surface area contributed by atoms with Gasteiger partial charge in [0.2, 0.25) is 0 Å². The van der Waals surface area contributed by atoms with Gasteiger partial charge in [0.1, 0.15) is 0 Å². The number of likely N-dealkylation sites (N-methyl/N-ethyl adjacent to an activating group) is 1. The van der Waals surface area contributed by atoms with Gasteiger partial charge in [-0.15, -0.1) is 0 Å². The summed E-state index contributed by atoms with van der Waals surface area (Å²) in [5.74, 6) is 0. The Kier molecular flexibility index (Phi) is 4.17. The number of pyridine rings is 1. The van der Waals surface area contributed by atoms with Gasteiger partial charge in [-0.1, -0.05) is 30.3 Å². The first kappa shape index (κ1) is 13.6. The molecule has 0 aliphatic heterocycles. The normalized spacial score (nSPS) is 12.4. The van der Waals surface area contributed by atoms with E-state index in [4.69, 9.17) is 0 Å². The molecule has 1 aromatic carbocycles. The van der Waals surface area contributed by atoms with Crippen LogP contribution in [0.3, 0.4) is 0 Å². The maximum absolute atomic E-state index is 11.9. The predicted octanol–water partition coefficient (Wildman–Crippen LogP) is 2.43. The molecule has 1 N–H and O–H groups in total. The Bertz CT molecular complexity index is 616. The van der Waals surface area contributed by atoms with Crippen LogP contribution in [0, 0.1) is 13.8 Å². The lowest BCUT2D eigenvalue weighted by Crippen LogP contribution is -2.29. The highest BCUT2D eigenvalue weighted by molar-refractivity contribution is 5.28. The highest BCUT2D eigenvalue weighted by Gasteiger charge is 2.13. The molecule has 1 aromatic heterocycles. The summed E-state index contributed by atoms with van der Waals surface area (Å²) in [5.41, 5.74) is 3.51. The number of nitrogens with one attached hydrogen (secondary N) is 1. The lowest BCUT2D eigenvalue weighted by atomic mass is 10.0. The van der Waals surface area contributed by atoms with E-state index in [2.05, 4.69) is 24.4 Å². The van der Waals surface area contributed by atoms with Crippen molar-refractivity contribution in [2.45, 2.75) is 26.4 Å². The average molecular weight is 256 g/mol. The van der Waals surface area contributed by atoms with Crippen LogP contribution in [0.15, 0.2) is 47.3 Å². The number of nitrogens with zero attached hydrogens (tertiary/aromatic N) is 1. The van der Waals surface area contributed by atoms with Gasteiger partial charge in [-0.25, -0.2) is 0 Å². The molecule has 0 aliphatic rings. The summed E-state index contributed by atoms with van der Waals surface area (Å²) < 4.78 is 1.81. The molecule has 3 heteroatoms. The number of rotatable bonds is 4. The van der Waals surface area contributed by atoms with Crippen LogP contribution in [-0.2, 0) is 6.54 Å². The Morgan fingerprint density at radius 1 is 1.11 bits per heavy atom. The summed E-state index contributed by atoms with van der Waals surface area (Å²) in [5, 5.41) is 3.30. The summed E-state index contributed by atoms with van der Waals surface area (Å²) >= 11 is 0. The number of aryl methyl sites for hydroxylation is 2. The maximum atomic E-state index is 11.9. The van der Waals surface area contributed by atoms with E-state index >= 15 is 0 Å². The Labute approximate surface area is 113 Å². The molecule has 2 aromatic rings. The lowest BCUT2D eigenvalue weighted by Gasteiger charge is -2.21. The highest BCUT2D eigenvalue weighted by atomic mass is 16.1. The minimum atomic E-state index is 0.0498. The summed E-state index contributed by atoms with van der Waals surface area (Å²) in [4.78, 5) is 11.9. The molecule has 0 bridgehead atoms. The van der Waals surface area contributed by atoms with Gasteiger partial charge in [-0.05, 0) is 38.1 Å². The lowest BCUT2D eigenvalue weighted by molar-refractivity contribution is 0.482. The van der Waals surface area contributed by atoms with Gasteiger partial charge in [-0.2, -0.15) is 0 Å². The van der Waals surface area contributed by atoms with Crippen molar-refractivity contribution >= 4 is 0 Å². The molecule has 0 radical (unpaired) electrons. The van der Waals surface area contributed by atoms with E-state index in [0.29, 0.717) is 6.54 Å². The molecule has 0 saturated carbocycles. The molecule has 19 heavy (non-hydrogen) atoms. The second-order valence-electron chi connectivity index (χ2n) is 4.81. The van der Waals surface area contributed by atoms with E-state index in [1.807, 2.05) is 36.7 Å². The van der Waals surface area contributed by atoms with E-state index in [9.17, 15) is 4.79 Å². The first-order valence-corrected chi connectivity index (χ1v) is 6.52. The van der Waals surface area contributed by atoms with Crippen LogP contribution in [0.2, 0.25) is 0 Å². The molecule has 0 saturated heterocycles. The zero-order chi connectivity index (χ0) is 13.8. The third-order valence-corrected chi connectivity index (χ3v) is 3.55. The van der Waals surface area contributed by atoms with Crippen LogP contribution in [0.1, 0.15) is 22.9 Å². The first-order chi connectivity index (χ1) is 9.13. The quantitative estimate of drug-likeness (QED) is 0.911. The van der Waals surface area contributed by atoms with E-state index in [1.165, 1.54) is 11.1 Å². The Hall–Kier alpha value is -1.87. The van der Waals surface area contributed by atoms with E-state index in [0.717, 1.165) is 5.69 Å². The number of hydrogen-bond acceptors (Lipinski definition) is 2. The number of benzene rings is 1. The zero-order valence-electron chi connectivity index (χ0n) is 11.7. The van der Waals surface area contributed by atoms with Crippen molar-refractivity contribution < 1.29 is 0 Å². The Morgan fingerprint density at radius 2 is 1.84 bits per heavy atom. The molecular formula is C16H20N2O. The summed E-state index contributed by atoms with van der Waals surface area (Å²) in [6.45, 7) is 4.71. The molecule has 3 nitrogen and oxygen atoms in total. The second kappa shape index (κ2) is 5.85. The van der Waals surface area contributed by atoms with Gasteiger partial charge in [0, 0.05) is 18.3 Å². The molecule has 0 amide bonds. The molecular weight excluding hydrogens is 236 g/mol. The van der Waals surface area contributed by atoms with Crippen molar-refractivity contribution in [2.24, 2.45) is 0 Å². The monoisotopic (exact) mass is 256 g/mol. The van der Waals surface area contributed by atoms with Crippen LogP contribution in [-0.4, -0.2) is 11.6 Å². The zero-order valence-corrected chi connectivity index (χ0v) is 11.7. The minimum Gasteiger partial charge on any atom is -0.312 e. The molecule has 0 aliphatic carbocycles. The van der Waals surface area contributed by atoms with Crippen molar-refractivity contribution in [2.75, 3.05) is 7.05 Å². The molecule has 100 valence electrons. The summed E-state index contributed by atoms with van der Waals surface area (Å²) in [6.07, 6.45) is 0. The van der Waals surface area contributed by atoms with Gasteiger partial charge in [0.05, 0.1) is 6.04 Å². The fraction of sp³-hybridized carbons (Fsp3) is 0.312. The number of hydrogen-bond donors (Lipinski definition) is 1.